The molecule has 178 valence electrons. The number of hydrogen-bond acceptors (Lipinski definition) is 7. The normalized spacial score (nSPS) is 18.5. The Labute approximate surface area is 201 Å². The summed E-state index contributed by atoms with van der Waals surface area (Å²) in [7, 11) is 0. The van der Waals surface area contributed by atoms with Crippen LogP contribution in [-0.2, 0) is 16.1 Å². The summed E-state index contributed by atoms with van der Waals surface area (Å²) in [5.74, 6) is 0.246. The van der Waals surface area contributed by atoms with Gasteiger partial charge in [0, 0.05) is 5.56 Å². The second-order valence-corrected chi connectivity index (χ2v) is 8.04. The lowest BCUT2D eigenvalue weighted by Crippen LogP contribution is -2.29. The molecular weight excluding hydrogens is 450 g/mol. The Morgan fingerprint density at radius 3 is 2.69 bits per heavy atom. The average Bonchev–Trinajstić information content (AvgIpc) is 3.49. The summed E-state index contributed by atoms with van der Waals surface area (Å²) in [6, 6.07) is 14.5. The largest absolute Gasteiger partial charge is 0.507 e. The third-order valence-corrected chi connectivity index (χ3v) is 5.80. The first-order valence-corrected chi connectivity index (χ1v) is 11.1. The molecule has 0 radical (unpaired) electrons. The summed E-state index contributed by atoms with van der Waals surface area (Å²) < 4.78 is 22.3. The molecule has 3 aromatic rings. The van der Waals surface area contributed by atoms with Crippen LogP contribution in [0.3, 0.4) is 0 Å². The molecule has 8 heteroatoms. The van der Waals surface area contributed by atoms with Crippen LogP contribution < -0.4 is 14.2 Å². The van der Waals surface area contributed by atoms with Gasteiger partial charge < -0.3 is 28.6 Å². The fraction of sp³-hybridized carbons (Fsp3) is 0.185. The number of likely N-dealkylation sites (tertiary alicyclic amines) is 1. The molecule has 0 bridgehead atoms. The Balaban J connectivity index is 1.62. The number of rotatable bonds is 7. The Bertz CT molecular complexity index is 1310. The van der Waals surface area contributed by atoms with E-state index < -0.39 is 17.7 Å². The number of aliphatic hydroxyl groups excluding tert-OH is 1. The maximum Gasteiger partial charge on any atom is 0.296 e. The first kappa shape index (κ1) is 22.3. The van der Waals surface area contributed by atoms with E-state index in [9.17, 15) is 14.7 Å². The standard InChI is InChI=1S/C27H23NO7/c1-2-10-32-19-6-3-5-17(14-19)24-23(26(30)27(31)28(24)16-20-7-4-11-33-20)25(29)18-8-9-21-22(15-18)35-13-12-34-21/h2-9,11,14-15,24,29H,1,10,12-13,16H2. The van der Waals surface area contributed by atoms with Gasteiger partial charge in [-0.1, -0.05) is 24.8 Å². The Morgan fingerprint density at radius 2 is 1.91 bits per heavy atom. The number of hydrogen-bond donors (Lipinski definition) is 1. The maximum absolute atomic E-state index is 13.2. The van der Waals surface area contributed by atoms with Gasteiger partial charge in [-0.25, -0.2) is 0 Å². The summed E-state index contributed by atoms with van der Waals surface area (Å²) in [5, 5.41) is 11.3. The molecule has 8 nitrogen and oxygen atoms in total. The second kappa shape index (κ2) is 9.42. The number of aliphatic hydroxyl groups is 1. The average molecular weight is 473 g/mol. The minimum absolute atomic E-state index is 0.0286. The van der Waals surface area contributed by atoms with Crippen molar-refractivity contribution in [2.45, 2.75) is 12.6 Å². The molecule has 1 unspecified atom stereocenters. The number of amides is 1. The van der Waals surface area contributed by atoms with Crippen LogP contribution in [0.5, 0.6) is 17.2 Å². The van der Waals surface area contributed by atoms with Crippen molar-refractivity contribution in [3.63, 3.8) is 0 Å². The van der Waals surface area contributed by atoms with Gasteiger partial charge in [0.25, 0.3) is 11.7 Å². The van der Waals surface area contributed by atoms with Crippen molar-refractivity contribution < 1.29 is 33.3 Å². The van der Waals surface area contributed by atoms with E-state index in [2.05, 4.69) is 6.58 Å². The van der Waals surface area contributed by atoms with Crippen molar-refractivity contribution in [3.05, 3.63) is 96.0 Å². The van der Waals surface area contributed by atoms with Crippen molar-refractivity contribution in [2.24, 2.45) is 0 Å². The molecular formula is C27H23NO7. The van der Waals surface area contributed by atoms with Crippen LogP contribution >= 0.6 is 0 Å². The molecule has 2 aromatic carbocycles. The molecule has 1 N–H and O–H groups in total. The minimum Gasteiger partial charge on any atom is -0.507 e. The summed E-state index contributed by atoms with van der Waals surface area (Å²) in [5.41, 5.74) is 0.921. The van der Waals surface area contributed by atoms with Gasteiger partial charge in [-0.2, -0.15) is 0 Å². The lowest BCUT2D eigenvalue weighted by Gasteiger charge is -2.25. The predicted molar refractivity (Wildman–Crippen MR) is 126 cm³/mol. The fourth-order valence-electron chi connectivity index (χ4n) is 4.24. The molecule has 1 aromatic heterocycles. The van der Waals surface area contributed by atoms with E-state index in [0.717, 1.165) is 0 Å². The maximum atomic E-state index is 13.2. The van der Waals surface area contributed by atoms with E-state index in [0.29, 0.717) is 54.0 Å². The number of furan rings is 1. The molecule has 5 rings (SSSR count). The Hall–Kier alpha value is -4.46. The molecule has 3 heterocycles. The second-order valence-electron chi connectivity index (χ2n) is 8.04. The summed E-state index contributed by atoms with van der Waals surface area (Å²) in [6.07, 6.45) is 3.12. The lowest BCUT2D eigenvalue weighted by atomic mass is 9.95. The molecule has 2 aliphatic heterocycles. The van der Waals surface area contributed by atoms with Crippen LogP contribution in [0.1, 0.15) is 22.9 Å². The van der Waals surface area contributed by atoms with Crippen LogP contribution in [0.2, 0.25) is 0 Å². The number of carbonyl (C=O) groups excluding carboxylic acids is 2. The topological polar surface area (TPSA) is 98.4 Å². The molecule has 0 aliphatic carbocycles. The smallest absolute Gasteiger partial charge is 0.296 e. The molecule has 0 spiro atoms. The van der Waals surface area contributed by atoms with Crippen LogP contribution in [0, 0.1) is 0 Å². The van der Waals surface area contributed by atoms with E-state index in [-0.39, 0.29) is 17.9 Å². The minimum atomic E-state index is -0.861. The first-order valence-electron chi connectivity index (χ1n) is 11.1. The molecule has 1 amide bonds. The molecule has 1 atom stereocenters. The van der Waals surface area contributed by atoms with Crippen molar-refractivity contribution >= 4 is 17.4 Å². The third-order valence-electron chi connectivity index (χ3n) is 5.80. The van der Waals surface area contributed by atoms with Crippen molar-refractivity contribution in [3.8, 4) is 17.2 Å². The predicted octanol–water partition coefficient (Wildman–Crippen LogP) is 4.24. The highest BCUT2D eigenvalue weighted by molar-refractivity contribution is 6.46. The van der Waals surface area contributed by atoms with E-state index in [4.69, 9.17) is 18.6 Å². The molecule has 1 fully saturated rings. The van der Waals surface area contributed by atoms with Crippen molar-refractivity contribution in [2.75, 3.05) is 19.8 Å². The molecule has 2 aliphatic rings. The number of fused-ring (bicyclic) bond motifs is 1. The van der Waals surface area contributed by atoms with E-state index >= 15 is 0 Å². The number of carbonyl (C=O) groups is 2. The van der Waals surface area contributed by atoms with E-state index in [1.807, 2.05) is 0 Å². The van der Waals surface area contributed by atoms with Crippen LogP contribution in [0.4, 0.5) is 0 Å². The fourth-order valence-corrected chi connectivity index (χ4v) is 4.24. The highest BCUT2D eigenvalue weighted by Gasteiger charge is 2.46. The van der Waals surface area contributed by atoms with Gasteiger partial charge in [-0.05, 0) is 48.0 Å². The van der Waals surface area contributed by atoms with Crippen LogP contribution in [0.15, 0.2) is 83.5 Å². The number of ketones is 1. The Morgan fingerprint density at radius 1 is 1.09 bits per heavy atom. The van der Waals surface area contributed by atoms with Crippen LogP contribution in [-0.4, -0.2) is 41.5 Å². The van der Waals surface area contributed by atoms with Gasteiger partial charge >= 0.3 is 0 Å². The number of ether oxygens (including phenoxy) is 3. The van der Waals surface area contributed by atoms with Crippen LogP contribution in [0.25, 0.3) is 5.76 Å². The SMILES string of the molecule is C=CCOc1cccc(C2C(=C(O)c3ccc4c(c3)OCCO4)C(=O)C(=O)N2Cc2ccco2)c1. The summed E-state index contributed by atoms with van der Waals surface area (Å²) >= 11 is 0. The highest BCUT2D eigenvalue weighted by atomic mass is 16.6. The molecule has 0 saturated carbocycles. The summed E-state index contributed by atoms with van der Waals surface area (Å²) in [4.78, 5) is 27.8. The summed E-state index contributed by atoms with van der Waals surface area (Å²) in [6.45, 7) is 4.82. The third kappa shape index (κ3) is 4.26. The lowest BCUT2D eigenvalue weighted by molar-refractivity contribution is -0.140. The van der Waals surface area contributed by atoms with Crippen molar-refractivity contribution in [1.82, 2.24) is 4.90 Å². The highest BCUT2D eigenvalue weighted by Crippen LogP contribution is 2.42. The van der Waals surface area contributed by atoms with Gasteiger partial charge in [-0.15, -0.1) is 0 Å². The Kier molecular flexibility index (Phi) is 6.01. The first-order chi connectivity index (χ1) is 17.1. The van der Waals surface area contributed by atoms with Gasteiger partial charge in [-0.3, -0.25) is 9.59 Å². The quantitative estimate of drug-likeness (QED) is 0.237. The zero-order valence-corrected chi connectivity index (χ0v) is 18.8. The van der Waals surface area contributed by atoms with E-state index in [1.54, 1.807) is 60.7 Å². The van der Waals surface area contributed by atoms with Crippen molar-refractivity contribution in [1.29, 1.82) is 0 Å². The zero-order chi connectivity index (χ0) is 24.4. The number of Topliss-reactive ketones (excluding diaryl/α,β-unsaturated/α-hetero) is 1. The monoisotopic (exact) mass is 473 g/mol. The van der Waals surface area contributed by atoms with E-state index in [1.165, 1.54) is 11.2 Å². The van der Waals surface area contributed by atoms with Gasteiger partial charge in [0.05, 0.1) is 24.4 Å². The molecule has 1 saturated heterocycles. The number of benzene rings is 2. The number of nitrogens with zero attached hydrogens (tertiary/aromatic N) is 1. The van der Waals surface area contributed by atoms with Gasteiger partial charge in [0.1, 0.15) is 37.1 Å². The zero-order valence-electron chi connectivity index (χ0n) is 18.8. The van der Waals surface area contributed by atoms with Gasteiger partial charge in [0.15, 0.2) is 11.5 Å². The van der Waals surface area contributed by atoms with Gasteiger partial charge in [0.2, 0.25) is 0 Å². The molecule has 35 heavy (non-hydrogen) atoms.